The second kappa shape index (κ2) is 4.87. The highest BCUT2D eigenvalue weighted by Crippen LogP contribution is 2.20. The van der Waals surface area contributed by atoms with E-state index in [2.05, 4.69) is 5.32 Å². The molecule has 2 aromatic carbocycles. The van der Waals surface area contributed by atoms with Crippen molar-refractivity contribution in [1.29, 1.82) is 0 Å². The summed E-state index contributed by atoms with van der Waals surface area (Å²) in [6.07, 6.45) is 0. The third-order valence-electron chi connectivity index (χ3n) is 2.58. The van der Waals surface area contributed by atoms with Gasteiger partial charge in [-0.15, -0.1) is 0 Å². The summed E-state index contributed by atoms with van der Waals surface area (Å²) in [5.41, 5.74) is 2.61. The molecule has 3 heteroatoms. The average molecular weight is 231 g/mol. The van der Waals surface area contributed by atoms with Crippen LogP contribution in [0.5, 0.6) is 5.75 Å². The maximum absolute atomic E-state index is 12.9. The van der Waals surface area contributed by atoms with Crippen LogP contribution in [0.15, 0.2) is 42.5 Å². The van der Waals surface area contributed by atoms with Crippen molar-refractivity contribution >= 4 is 5.69 Å². The number of aryl methyl sites for hydroxylation is 1. The summed E-state index contributed by atoms with van der Waals surface area (Å²) in [5.74, 6) is 0.0486. The molecular weight excluding hydrogens is 217 g/mol. The molecule has 2 nitrogen and oxygen atoms in total. The fourth-order valence-corrected chi connectivity index (χ4v) is 1.62. The molecule has 0 spiro atoms. The fraction of sp³-hybridized carbons (Fsp3) is 0.143. The number of rotatable bonds is 3. The lowest BCUT2D eigenvalue weighted by molar-refractivity contribution is 0.471. The van der Waals surface area contributed by atoms with Crippen molar-refractivity contribution in [3.8, 4) is 5.75 Å². The molecule has 0 atom stereocenters. The van der Waals surface area contributed by atoms with Gasteiger partial charge in [0.05, 0.1) is 0 Å². The number of halogens is 1. The lowest BCUT2D eigenvalue weighted by Gasteiger charge is -2.08. The molecule has 0 radical (unpaired) electrons. The zero-order valence-corrected chi connectivity index (χ0v) is 9.57. The summed E-state index contributed by atoms with van der Waals surface area (Å²) in [7, 11) is 0. The first-order valence-corrected chi connectivity index (χ1v) is 5.43. The third kappa shape index (κ3) is 2.97. The number of hydrogen-bond donors (Lipinski definition) is 2. The maximum atomic E-state index is 12.9. The Morgan fingerprint density at radius 3 is 2.71 bits per heavy atom. The minimum absolute atomic E-state index is 0.230. The summed E-state index contributed by atoms with van der Waals surface area (Å²) in [4.78, 5) is 0. The van der Waals surface area contributed by atoms with E-state index in [1.807, 2.05) is 19.1 Å². The van der Waals surface area contributed by atoms with E-state index in [0.29, 0.717) is 6.54 Å². The van der Waals surface area contributed by atoms with Crippen molar-refractivity contribution in [3.05, 3.63) is 59.4 Å². The number of phenols is 1. The van der Waals surface area contributed by atoms with Gasteiger partial charge in [-0.3, -0.25) is 0 Å². The Hall–Kier alpha value is -2.03. The van der Waals surface area contributed by atoms with Crippen molar-refractivity contribution in [2.45, 2.75) is 13.5 Å². The van der Waals surface area contributed by atoms with E-state index in [-0.39, 0.29) is 11.6 Å². The molecule has 88 valence electrons. The highest BCUT2D eigenvalue weighted by molar-refractivity contribution is 5.50. The van der Waals surface area contributed by atoms with Crippen LogP contribution in [-0.2, 0) is 6.54 Å². The Labute approximate surface area is 99.7 Å². The third-order valence-corrected chi connectivity index (χ3v) is 2.58. The quantitative estimate of drug-likeness (QED) is 0.793. The minimum atomic E-state index is -0.230. The Kier molecular flexibility index (Phi) is 3.28. The largest absolute Gasteiger partial charge is 0.508 e. The molecule has 0 aliphatic rings. The second-order valence-corrected chi connectivity index (χ2v) is 3.98. The Bertz CT molecular complexity index is 525. The Morgan fingerprint density at radius 2 is 2.00 bits per heavy atom. The second-order valence-electron chi connectivity index (χ2n) is 3.98. The summed E-state index contributed by atoms with van der Waals surface area (Å²) < 4.78 is 12.9. The smallest absolute Gasteiger partial charge is 0.123 e. The Morgan fingerprint density at radius 1 is 1.18 bits per heavy atom. The first kappa shape index (κ1) is 11.5. The molecule has 0 amide bonds. The zero-order valence-electron chi connectivity index (χ0n) is 9.57. The molecule has 2 aromatic rings. The van der Waals surface area contributed by atoms with Crippen molar-refractivity contribution in [1.82, 2.24) is 0 Å². The molecule has 2 N–H and O–H groups in total. The molecule has 0 aromatic heterocycles. The van der Waals surface area contributed by atoms with Crippen LogP contribution in [0.2, 0.25) is 0 Å². The van der Waals surface area contributed by atoms with Crippen LogP contribution in [0.25, 0.3) is 0 Å². The molecular formula is C14H14FNO. The van der Waals surface area contributed by atoms with Gasteiger partial charge < -0.3 is 10.4 Å². The molecule has 0 heterocycles. The van der Waals surface area contributed by atoms with Gasteiger partial charge in [0.2, 0.25) is 0 Å². The number of nitrogens with one attached hydrogen (secondary N) is 1. The van der Waals surface area contributed by atoms with Crippen molar-refractivity contribution in [2.75, 3.05) is 5.32 Å². The van der Waals surface area contributed by atoms with Crippen LogP contribution < -0.4 is 5.32 Å². The van der Waals surface area contributed by atoms with Crippen LogP contribution in [0.3, 0.4) is 0 Å². The number of phenolic OH excluding ortho intramolecular Hbond substituents is 1. The monoisotopic (exact) mass is 231 g/mol. The van der Waals surface area contributed by atoms with Crippen molar-refractivity contribution < 1.29 is 9.50 Å². The van der Waals surface area contributed by atoms with Gasteiger partial charge in [0.1, 0.15) is 11.6 Å². The summed E-state index contributed by atoms with van der Waals surface area (Å²) in [5, 5.41) is 12.6. The maximum Gasteiger partial charge on any atom is 0.123 e. The molecule has 2 rings (SSSR count). The highest BCUT2D eigenvalue weighted by Gasteiger charge is 1.99. The fourth-order valence-electron chi connectivity index (χ4n) is 1.62. The molecule has 0 saturated heterocycles. The zero-order chi connectivity index (χ0) is 12.3. The van der Waals surface area contributed by atoms with Gasteiger partial charge in [-0.05, 0) is 48.4 Å². The standard InChI is InChI=1S/C14H14FNO/c1-10-7-13(5-6-14(10)17)16-9-11-3-2-4-12(15)8-11/h2-8,16-17H,9H2,1H3. The predicted molar refractivity (Wildman–Crippen MR) is 66.6 cm³/mol. The van der Waals surface area contributed by atoms with E-state index in [4.69, 9.17) is 0 Å². The van der Waals surface area contributed by atoms with Crippen LogP contribution >= 0.6 is 0 Å². The van der Waals surface area contributed by atoms with Crippen LogP contribution in [0.4, 0.5) is 10.1 Å². The van der Waals surface area contributed by atoms with Crippen molar-refractivity contribution in [2.24, 2.45) is 0 Å². The predicted octanol–water partition coefficient (Wildman–Crippen LogP) is 3.45. The number of anilines is 1. The normalized spacial score (nSPS) is 10.2. The molecule has 17 heavy (non-hydrogen) atoms. The van der Waals surface area contributed by atoms with E-state index >= 15 is 0 Å². The van der Waals surface area contributed by atoms with Gasteiger partial charge >= 0.3 is 0 Å². The minimum Gasteiger partial charge on any atom is -0.508 e. The molecule has 0 aliphatic heterocycles. The van der Waals surface area contributed by atoms with Crippen LogP contribution in [0.1, 0.15) is 11.1 Å². The molecule has 0 saturated carbocycles. The summed E-state index contributed by atoms with van der Waals surface area (Å²) >= 11 is 0. The summed E-state index contributed by atoms with van der Waals surface area (Å²) in [6.45, 7) is 2.39. The van der Waals surface area contributed by atoms with Crippen LogP contribution in [0, 0.1) is 12.7 Å². The molecule has 0 fully saturated rings. The lowest BCUT2D eigenvalue weighted by Crippen LogP contribution is -1.99. The SMILES string of the molecule is Cc1cc(NCc2cccc(F)c2)ccc1O. The van der Waals surface area contributed by atoms with Gasteiger partial charge in [0.25, 0.3) is 0 Å². The molecule has 0 aliphatic carbocycles. The Balaban J connectivity index is 2.05. The number of aromatic hydroxyl groups is 1. The van der Waals surface area contributed by atoms with Gasteiger partial charge in [-0.1, -0.05) is 12.1 Å². The first-order chi connectivity index (χ1) is 8.15. The van der Waals surface area contributed by atoms with E-state index in [9.17, 15) is 9.50 Å². The van der Waals surface area contributed by atoms with Gasteiger partial charge in [-0.25, -0.2) is 4.39 Å². The molecule has 0 bridgehead atoms. The first-order valence-electron chi connectivity index (χ1n) is 5.43. The highest BCUT2D eigenvalue weighted by atomic mass is 19.1. The van der Waals surface area contributed by atoms with E-state index in [1.54, 1.807) is 18.2 Å². The van der Waals surface area contributed by atoms with Gasteiger partial charge in [0, 0.05) is 12.2 Å². The summed E-state index contributed by atoms with van der Waals surface area (Å²) in [6, 6.07) is 11.8. The average Bonchev–Trinajstić information content (AvgIpc) is 2.31. The number of benzene rings is 2. The van der Waals surface area contributed by atoms with Gasteiger partial charge in [0.15, 0.2) is 0 Å². The van der Waals surface area contributed by atoms with Crippen LogP contribution in [-0.4, -0.2) is 5.11 Å². The van der Waals surface area contributed by atoms with E-state index in [0.717, 1.165) is 16.8 Å². The topological polar surface area (TPSA) is 32.3 Å². The van der Waals surface area contributed by atoms with E-state index in [1.165, 1.54) is 12.1 Å². The lowest BCUT2D eigenvalue weighted by atomic mass is 10.2. The van der Waals surface area contributed by atoms with Crippen molar-refractivity contribution in [3.63, 3.8) is 0 Å². The molecule has 0 unspecified atom stereocenters. The number of hydrogen-bond acceptors (Lipinski definition) is 2. The van der Waals surface area contributed by atoms with E-state index < -0.39 is 0 Å². The van der Waals surface area contributed by atoms with Gasteiger partial charge in [-0.2, -0.15) is 0 Å².